The largest absolute Gasteiger partial charge is 0.375 e. The second-order valence-corrected chi connectivity index (χ2v) is 38.0. The monoisotopic (exact) mass is 2260 g/mol. The van der Waals surface area contributed by atoms with E-state index < -0.39 is 29.8 Å². The molecule has 0 unspecified atom stereocenters. The molecule has 49 nitrogen and oxygen atoms in total. The van der Waals surface area contributed by atoms with Gasteiger partial charge < -0.3 is 69.8 Å². The van der Waals surface area contributed by atoms with Crippen LogP contribution in [0.5, 0.6) is 0 Å². The van der Waals surface area contributed by atoms with Gasteiger partial charge in [0.15, 0.2) is 32.7 Å². The van der Waals surface area contributed by atoms with E-state index in [2.05, 4.69) is 85.9 Å². The van der Waals surface area contributed by atoms with Crippen molar-refractivity contribution >= 4 is 156 Å². The Balaban J connectivity index is 0.000000296. The Bertz CT molecular complexity index is 5950. The zero-order valence-electron chi connectivity index (χ0n) is 82.9. The van der Waals surface area contributed by atoms with Crippen molar-refractivity contribution in [2.45, 2.75) is 79.0 Å². The van der Waals surface area contributed by atoms with Gasteiger partial charge in [0.2, 0.25) is 29.7 Å². The number of rotatable bonds is 27. The molecule has 0 saturated carbocycles. The maximum atomic E-state index is 10.7. The lowest BCUT2D eigenvalue weighted by molar-refractivity contribution is -0.486. The summed E-state index contributed by atoms with van der Waals surface area (Å²) in [6.07, 6.45) is 24.8. The number of pyridine rings is 8. The van der Waals surface area contributed by atoms with Crippen molar-refractivity contribution in [1.82, 2.24) is 115 Å². The summed E-state index contributed by atoms with van der Waals surface area (Å²) >= 11 is 50.1. The van der Waals surface area contributed by atoms with E-state index in [0.717, 1.165) is 144 Å². The number of amidine groups is 3. The molecule has 8 aromatic rings. The zero-order chi connectivity index (χ0) is 110. The zero-order valence-corrected chi connectivity index (χ0v) is 91.4. The average molecular weight is 2270 g/mol. The number of nitrogens with one attached hydrogen (secondary N) is 3. The molecule has 13 heterocycles. The van der Waals surface area contributed by atoms with Gasteiger partial charge in [0.05, 0.1) is 38.1 Å². The van der Waals surface area contributed by atoms with Gasteiger partial charge in [-0.1, -0.05) is 165 Å². The fourth-order valence-electron chi connectivity index (χ4n) is 13.0. The minimum Gasteiger partial charge on any atom is -0.375 e. The van der Waals surface area contributed by atoms with E-state index in [-0.39, 0.29) is 0 Å². The predicted molar refractivity (Wildman–Crippen MR) is 580 cm³/mol. The summed E-state index contributed by atoms with van der Waals surface area (Å²) < 4.78 is 0. The van der Waals surface area contributed by atoms with Gasteiger partial charge in [0.1, 0.15) is 57.2 Å². The van der Waals surface area contributed by atoms with Crippen molar-refractivity contribution in [2.75, 3.05) is 140 Å². The third-order valence-corrected chi connectivity index (χ3v) is 24.5. The van der Waals surface area contributed by atoms with E-state index in [4.69, 9.17) is 109 Å². The first-order chi connectivity index (χ1) is 71.0. The lowest BCUT2D eigenvalue weighted by Crippen LogP contribution is -2.56. The molecule has 5 fully saturated rings. The van der Waals surface area contributed by atoms with Crippen LogP contribution in [0.25, 0.3) is 0 Å². The molecular weight excluding hydrogens is 2160 g/mol. The summed E-state index contributed by atoms with van der Waals surface area (Å²) in [5.74, 6) is 5.88. The molecule has 0 spiro atoms. The number of aromatic nitrogens is 8. The number of nitro groups is 6. The van der Waals surface area contributed by atoms with Gasteiger partial charge in [0, 0.05) is 222 Å². The van der Waals surface area contributed by atoms with E-state index in [9.17, 15) is 60.7 Å². The van der Waals surface area contributed by atoms with Crippen LogP contribution in [0.3, 0.4) is 0 Å². The van der Waals surface area contributed by atoms with Gasteiger partial charge in [-0.25, -0.2) is 60.1 Å². The molecule has 5 saturated heterocycles. The number of nitrogens with zero attached hydrogens (tertiary/aromatic N) is 34. The molecule has 796 valence electrons. The molecule has 5 aliphatic heterocycles. The van der Waals surface area contributed by atoms with Crippen molar-refractivity contribution in [3.63, 3.8) is 0 Å². The number of halogens is 8. The normalized spacial score (nSPS) is 15.1. The molecule has 0 atom stereocenters. The van der Waals surface area contributed by atoms with Crippen LogP contribution in [0, 0.1) is 95.1 Å². The predicted octanol–water partition coefficient (Wildman–Crippen LogP) is 14.5. The summed E-state index contributed by atoms with van der Waals surface area (Å²) in [5.41, 5.74) is 7.79. The number of aliphatic imine (C=N–C) groups is 3. The van der Waals surface area contributed by atoms with Gasteiger partial charge in [-0.15, -0.1) is 21.7 Å². The topological polar surface area (TPSA) is 570 Å². The summed E-state index contributed by atoms with van der Waals surface area (Å²) in [5, 5.41) is 108. The molecule has 149 heavy (non-hydrogen) atoms. The Kier molecular flexibility index (Phi) is 57.6. The number of hydrazone groups is 2. The molecule has 8 aromatic heterocycles. The van der Waals surface area contributed by atoms with Crippen LogP contribution in [0.4, 0.5) is 0 Å². The Hall–Kier alpha value is -14.1. The van der Waals surface area contributed by atoms with Crippen LogP contribution in [0.2, 0.25) is 41.2 Å². The number of hydrogen-bond acceptors (Lipinski definition) is 37. The summed E-state index contributed by atoms with van der Waals surface area (Å²) in [4.78, 5) is 126. The molecule has 0 bridgehead atoms. The summed E-state index contributed by atoms with van der Waals surface area (Å²) in [6, 6.07) is 28.7. The van der Waals surface area contributed by atoms with Crippen LogP contribution in [-0.4, -0.2) is 297 Å². The highest BCUT2D eigenvalue weighted by Crippen LogP contribution is 2.26. The fraction of sp³-hybridized carbons (Fsp3) is 0.371. The van der Waals surface area contributed by atoms with E-state index in [1.165, 1.54) is 23.5 Å². The highest BCUT2D eigenvalue weighted by Gasteiger charge is 2.29. The molecule has 0 radical (unpaired) electrons. The van der Waals surface area contributed by atoms with Crippen LogP contribution in [0.15, 0.2) is 219 Å². The van der Waals surface area contributed by atoms with Crippen molar-refractivity contribution < 1.29 is 29.8 Å². The number of thioether (sulfide) groups is 3. The van der Waals surface area contributed by atoms with Crippen molar-refractivity contribution in [3.8, 4) is 18.6 Å². The van der Waals surface area contributed by atoms with Gasteiger partial charge >= 0.3 is 0 Å². The average Bonchev–Trinajstić information content (AvgIpc) is 1.50. The van der Waals surface area contributed by atoms with E-state index >= 15 is 0 Å². The minimum absolute atomic E-state index is 0.336. The maximum Gasteiger partial charge on any atom is 0.276 e. The number of nitriles is 3. The lowest BCUT2D eigenvalue weighted by Gasteiger charge is -2.40. The van der Waals surface area contributed by atoms with Gasteiger partial charge in [-0.05, 0) is 127 Å². The second-order valence-electron chi connectivity index (χ2n) is 31.6. The number of guanidine groups is 2. The quantitative estimate of drug-likeness (QED) is 0.0107. The van der Waals surface area contributed by atoms with Crippen molar-refractivity contribution in [3.05, 3.63) is 340 Å². The third-order valence-electron chi connectivity index (χ3n) is 19.6. The molecule has 5 aliphatic rings. The van der Waals surface area contributed by atoms with Crippen LogP contribution < -0.4 is 16.0 Å². The Morgan fingerprint density at radius 3 is 1.21 bits per heavy atom. The molecule has 60 heteroatoms. The van der Waals surface area contributed by atoms with Crippen LogP contribution in [0.1, 0.15) is 71.2 Å². The maximum absolute atomic E-state index is 10.7. The first-order valence-electron chi connectivity index (χ1n) is 44.2. The summed E-state index contributed by atoms with van der Waals surface area (Å²) in [7, 11) is 18.1. The summed E-state index contributed by atoms with van der Waals surface area (Å²) in [6.45, 7) is 14.2. The Morgan fingerprint density at radius 1 is 0.450 bits per heavy atom. The molecule has 0 aliphatic carbocycles. The van der Waals surface area contributed by atoms with E-state index in [1.807, 2.05) is 131 Å². The van der Waals surface area contributed by atoms with Crippen LogP contribution >= 0.6 is 128 Å². The third kappa shape index (κ3) is 50.9. The Labute approximate surface area is 913 Å². The first-order valence-corrected chi connectivity index (χ1v) is 50.2. The molecule has 13 rings (SSSR count). The van der Waals surface area contributed by atoms with Crippen LogP contribution in [-0.2, 0) is 52.4 Å². The van der Waals surface area contributed by atoms with Gasteiger partial charge in [-0.3, -0.25) is 45.4 Å². The van der Waals surface area contributed by atoms with Gasteiger partial charge in [-0.2, -0.15) is 20.8 Å². The molecule has 0 aromatic carbocycles. The lowest BCUT2D eigenvalue weighted by atomic mass is 10.2. The van der Waals surface area contributed by atoms with Gasteiger partial charge in [0.25, 0.3) is 30.8 Å². The first kappa shape index (κ1) is 125. The van der Waals surface area contributed by atoms with Crippen molar-refractivity contribution in [1.29, 1.82) is 15.8 Å². The molecule has 3 N–H and O–H groups in total. The molecular formula is C89H109Cl8N37O12S3. The minimum atomic E-state index is -0.676. The van der Waals surface area contributed by atoms with E-state index in [1.54, 1.807) is 184 Å². The standard InChI is InChI=1S/C11H15ClN6O2.C11H14ClN5.C11H13ClN4O2.2C11H15ClN4O2.C10H9ClN4S.C10H11ClN4.C9H9ClN4O2S.C5H8N2O2S/c1-15-7-16(2)11(14-18(19)20)17(8-15)6-9-3-4-10(12)13-5-9;1-16(2)11(15-8-13)17(3)7-9-4-5-10(12)14-6-9;12-10-3-2-9(6-14-10)7-15-5-1-4-13-11(15)8-16(17)18;1-14(2)11(8-16(17)18)15(3)7-9-4-5-10(12)13-6-9;1-3-15(11(13-2)8-16(17)18)7-9-4-5-10(12)14-6-9;11-9-2-1-8(5-13-9)6-15-3-4-16-10(15)14-7-12;1-8(14-7-12)15(2)6-9-3-4-10(11)13-5-9;10-8-2-1-7(5-11-8)6-13-3-4-17-9(13)12-14(15)16;8-7(9)4-5-6-2-1-3-10-5/h3-5H,6-8H2,1-2H3;4-6H,7H2,1-3H3;2-3,6,8,13H,1,4-5,7H2;4-6,8H,7H2,1-3H3;4-6,8,13H,3,7H2,1-2H3;1-2,5H,3-4,6H2;3-5H,6H2,1-2H3;1-2,5H,3-4,6H2;4,6H,1-3H2/b14-11+;;3*11-8+;;;12-9-;. The second kappa shape index (κ2) is 68.4. The SMILES string of the molecule is CC(=NC#N)N(C)Cc1ccc(Cl)nc1.CCN(Cc1ccc(Cl)nc1)/C(=C/[N+](=O)[O-])NC.CN(C)/C(=C\[N+](=O)[O-])N(C)Cc1ccc(Cl)nc1.CN(C)C(=NC#N)N(C)Cc1ccc(Cl)nc1.CN1CN(C)/C(=N\[N+](=O)[O-])N(Cc2ccc(Cl)nc2)C1.N#CN=C1SCCN1Cc1ccc(Cl)nc1.O=[N+]([O-])/C=C1\NCCCN1Cc1ccc(Cl)nc1.O=[N+]([O-])/N=C1\SCCN1Cc1ccc(Cl)nc1.O=[N+]([O-])C=C1NCCCS1. The van der Waals surface area contributed by atoms with E-state index in [0.29, 0.717) is 152 Å². The Morgan fingerprint density at radius 2 is 0.846 bits per heavy atom. The van der Waals surface area contributed by atoms with Crippen molar-refractivity contribution in [2.24, 2.45) is 25.2 Å². The smallest absolute Gasteiger partial charge is 0.276 e. The highest BCUT2D eigenvalue weighted by atomic mass is 35.5. The number of hydrogen-bond donors (Lipinski definition) is 3. The highest BCUT2D eigenvalue weighted by molar-refractivity contribution is 8.14. The fourth-order valence-corrected chi connectivity index (χ4v) is 16.7. The molecule has 0 amide bonds.